The Morgan fingerprint density at radius 3 is 2.15 bits per heavy atom. The molecule has 0 bridgehead atoms. The van der Waals surface area contributed by atoms with Gasteiger partial charge >= 0.3 is 6.18 Å². The van der Waals surface area contributed by atoms with Crippen LogP contribution in [-0.4, -0.2) is 32.6 Å². The van der Waals surface area contributed by atoms with Crippen LogP contribution < -0.4 is 18.9 Å². The topological polar surface area (TPSA) is 99.6 Å². The first-order valence-electron chi connectivity index (χ1n) is 9.23. The lowest BCUT2D eigenvalue weighted by Crippen LogP contribution is -2.17. The van der Waals surface area contributed by atoms with Crippen LogP contribution in [0.4, 0.5) is 19.0 Å². The first kappa shape index (κ1) is 23.9. The Labute approximate surface area is 187 Å². The molecule has 0 radical (unpaired) electrons. The zero-order valence-corrected chi connectivity index (χ0v) is 18.1. The van der Waals surface area contributed by atoms with Gasteiger partial charge in [-0.1, -0.05) is 42.5 Å². The van der Waals surface area contributed by atoms with Crippen LogP contribution in [0.1, 0.15) is 11.4 Å². The fourth-order valence-electron chi connectivity index (χ4n) is 2.57. The molecule has 0 spiro atoms. The van der Waals surface area contributed by atoms with Gasteiger partial charge in [0.1, 0.15) is 0 Å². The molecule has 1 heterocycles. The van der Waals surface area contributed by atoms with Crippen LogP contribution >= 0.6 is 0 Å². The predicted octanol–water partition coefficient (Wildman–Crippen LogP) is 4.72. The van der Waals surface area contributed by atoms with E-state index in [4.69, 9.17) is 14.2 Å². The van der Waals surface area contributed by atoms with E-state index in [0.29, 0.717) is 5.56 Å². The fourth-order valence-corrected chi connectivity index (χ4v) is 3.38. The molecule has 174 valence electrons. The molecule has 3 aromatic rings. The van der Waals surface area contributed by atoms with E-state index < -0.39 is 39.5 Å². The van der Waals surface area contributed by atoms with E-state index in [1.54, 1.807) is 48.5 Å². The number of nitrogens with zero attached hydrogens (tertiary/aromatic N) is 2. The molecule has 8 nitrogen and oxygen atoms in total. The second-order valence-corrected chi connectivity index (χ2v) is 7.91. The number of benzene rings is 2. The number of para-hydroxylation sites is 2. The smallest absolute Gasteiger partial charge is 0.451 e. The minimum atomic E-state index is -4.98. The Kier molecular flexibility index (Phi) is 7.07. The van der Waals surface area contributed by atoms with E-state index in [0.717, 1.165) is 12.5 Å². The lowest BCUT2D eigenvalue weighted by atomic mass is 10.2. The van der Waals surface area contributed by atoms with E-state index in [-0.39, 0.29) is 11.5 Å². The third-order valence-corrected chi connectivity index (χ3v) is 5.01. The largest absolute Gasteiger partial charge is 0.493 e. The minimum Gasteiger partial charge on any atom is -0.493 e. The van der Waals surface area contributed by atoms with Crippen molar-refractivity contribution in [2.75, 3.05) is 18.9 Å². The molecule has 1 N–H and O–H groups in total. The SMILES string of the molecule is COc1ccccc1Oc1c(NS(=O)(=O)C=Cc2ccccc2)nc(C(F)(F)F)nc1OC. The van der Waals surface area contributed by atoms with Gasteiger partial charge in [0.25, 0.3) is 15.9 Å². The van der Waals surface area contributed by atoms with Crippen molar-refractivity contribution < 1.29 is 35.8 Å². The molecule has 12 heteroatoms. The Morgan fingerprint density at radius 1 is 0.909 bits per heavy atom. The molecule has 1 aromatic heterocycles. The number of hydrogen-bond donors (Lipinski definition) is 1. The average Bonchev–Trinajstić information content (AvgIpc) is 2.79. The quantitative estimate of drug-likeness (QED) is 0.497. The van der Waals surface area contributed by atoms with Crippen molar-refractivity contribution in [3.63, 3.8) is 0 Å². The lowest BCUT2D eigenvalue weighted by Gasteiger charge is -2.17. The van der Waals surface area contributed by atoms with E-state index in [9.17, 15) is 21.6 Å². The van der Waals surface area contributed by atoms with Gasteiger partial charge in [-0.2, -0.15) is 18.2 Å². The average molecular weight is 481 g/mol. The summed E-state index contributed by atoms with van der Waals surface area (Å²) >= 11 is 0. The van der Waals surface area contributed by atoms with Crippen LogP contribution in [0.25, 0.3) is 6.08 Å². The van der Waals surface area contributed by atoms with Crippen LogP contribution in [0.15, 0.2) is 60.0 Å². The Bertz CT molecular complexity index is 1250. The summed E-state index contributed by atoms with van der Waals surface area (Å²) < 4.78 is 82.9. The minimum absolute atomic E-state index is 0.0712. The molecule has 0 aliphatic rings. The predicted molar refractivity (Wildman–Crippen MR) is 115 cm³/mol. The van der Waals surface area contributed by atoms with E-state index in [2.05, 4.69) is 9.97 Å². The molecule has 0 saturated carbocycles. The highest BCUT2D eigenvalue weighted by molar-refractivity contribution is 7.95. The molecule has 0 aliphatic heterocycles. The maximum atomic E-state index is 13.3. The Hall–Kier alpha value is -3.80. The Balaban J connectivity index is 2.08. The van der Waals surface area contributed by atoms with Crippen molar-refractivity contribution >= 4 is 21.9 Å². The number of rotatable bonds is 8. The number of halogens is 3. The zero-order valence-electron chi connectivity index (χ0n) is 17.3. The molecular formula is C21H18F3N3O5S. The molecule has 0 amide bonds. The van der Waals surface area contributed by atoms with E-state index >= 15 is 0 Å². The van der Waals surface area contributed by atoms with Crippen LogP contribution in [0.2, 0.25) is 0 Å². The molecule has 0 saturated heterocycles. The molecule has 0 unspecified atom stereocenters. The monoisotopic (exact) mass is 481 g/mol. The molecule has 2 aromatic carbocycles. The van der Waals surface area contributed by atoms with Gasteiger partial charge < -0.3 is 14.2 Å². The van der Waals surface area contributed by atoms with Gasteiger partial charge in [0, 0.05) is 0 Å². The van der Waals surface area contributed by atoms with E-state index in [1.807, 2.05) is 4.72 Å². The highest BCUT2D eigenvalue weighted by atomic mass is 32.2. The summed E-state index contributed by atoms with van der Waals surface area (Å²) in [6, 6.07) is 14.7. The summed E-state index contributed by atoms with van der Waals surface area (Å²) in [5, 5.41) is 0.789. The summed E-state index contributed by atoms with van der Waals surface area (Å²) in [5.74, 6) is -3.19. The summed E-state index contributed by atoms with van der Waals surface area (Å²) in [6.45, 7) is 0. The van der Waals surface area contributed by atoms with Crippen molar-refractivity contribution in [2.45, 2.75) is 6.18 Å². The molecular weight excluding hydrogens is 463 g/mol. The number of methoxy groups -OCH3 is 2. The number of alkyl halides is 3. The van der Waals surface area contributed by atoms with Crippen molar-refractivity contribution in [3.05, 3.63) is 71.4 Å². The third-order valence-electron chi connectivity index (χ3n) is 4.04. The maximum absolute atomic E-state index is 13.3. The van der Waals surface area contributed by atoms with Crippen LogP contribution in [0, 0.1) is 0 Å². The molecule has 33 heavy (non-hydrogen) atoms. The second-order valence-electron chi connectivity index (χ2n) is 6.35. The van der Waals surface area contributed by atoms with Gasteiger partial charge in [0.15, 0.2) is 17.3 Å². The van der Waals surface area contributed by atoms with Crippen molar-refractivity contribution in [1.29, 1.82) is 0 Å². The van der Waals surface area contributed by atoms with Crippen LogP contribution in [0.3, 0.4) is 0 Å². The normalized spacial score (nSPS) is 11.9. The first-order chi connectivity index (χ1) is 15.6. The van der Waals surface area contributed by atoms with Gasteiger partial charge in [-0.05, 0) is 23.8 Å². The first-order valence-corrected chi connectivity index (χ1v) is 10.8. The standard InChI is InChI=1S/C21H18F3N3O5S/c1-30-15-10-6-7-11-16(15)32-17-18(25-20(21(22,23)24)26-19(17)31-2)27-33(28,29)13-12-14-8-4-3-5-9-14/h3-13H,1-2H3,(H,25,26,27). The number of ether oxygens (including phenoxy) is 3. The van der Waals surface area contributed by atoms with Crippen LogP contribution in [-0.2, 0) is 16.2 Å². The number of anilines is 1. The lowest BCUT2D eigenvalue weighted by molar-refractivity contribution is -0.145. The fraction of sp³-hybridized carbons (Fsp3) is 0.143. The van der Waals surface area contributed by atoms with Crippen molar-refractivity contribution in [3.8, 4) is 23.1 Å². The number of nitrogens with one attached hydrogen (secondary N) is 1. The summed E-state index contributed by atoms with van der Waals surface area (Å²) in [4.78, 5) is 6.66. The molecule has 0 aliphatic carbocycles. The maximum Gasteiger partial charge on any atom is 0.451 e. The van der Waals surface area contributed by atoms with Gasteiger partial charge in [-0.25, -0.2) is 13.4 Å². The van der Waals surface area contributed by atoms with Gasteiger partial charge in [0.2, 0.25) is 11.6 Å². The third kappa shape index (κ3) is 6.13. The second kappa shape index (κ2) is 9.77. The number of aromatic nitrogens is 2. The summed E-state index contributed by atoms with van der Waals surface area (Å²) in [6.07, 6.45) is -3.71. The summed E-state index contributed by atoms with van der Waals surface area (Å²) in [7, 11) is -1.88. The van der Waals surface area contributed by atoms with E-state index in [1.165, 1.54) is 19.3 Å². The molecule has 0 atom stereocenters. The highest BCUT2D eigenvalue weighted by Gasteiger charge is 2.38. The van der Waals surface area contributed by atoms with Crippen molar-refractivity contribution in [2.24, 2.45) is 0 Å². The molecule has 0 fully saturated rings. The Morgan fingerprint density at radius 2 is 1.55 bits per heavy atom. The highest BCUT2D eigenvalue weighted by Crippen LogP contribution is 2.42. The summed E-state index contributed by atoms with van der Waals surface area (Å²) in [5.41, 5.74) is 0.560. The number of sulfonamides is 1. The number of hydrogen-bond acceptors (Lipinski definition) is 7. The zero-order chi connectivity index (χ0) is 24.1. The van der Waals surface area contributed by atoms with Gasteiger partial charge in [-0.15, -0.1) is 0 Å². The van der Waals surface area contributed by atoms with Crippen molar-refractivity contribution in [1.82, 2.24) is 9.97 Å². The van der Waals surface area contributed by atoms with Gasteiger partial charge in [-0.3, -0.25) is 4.72 Å². The van der Waals surface area contributed by atoms with Crippen LogP contribution in [0.5, 0.6) is 23.1 Å². The van der Waals surface area contributed by atoms with Gasteiger partial charge in [0.05, 0.1) is 19.6 Å². The molecule has 3 rings (SSSR count).